The highest BCUT2D eigenvalue weighted by Crippen LogP contribution is 2.23. The first-order valence-corrected chi connectivity index (χ1v) is 8.23. The normalized spacial score (nSPS) is 17.3. The van der Waals surface area contributed by atoms with Crippen LogP contribution in [-0.2, 0) is 6.54 Å². The van der Waals surface area contributed by atoms with E-state index in [9.17, 15) is 5.11 Å². The van der Waals surface area contributed by atoms with Gasteiger partial charge in [-0.3, -0.25) is 4.90 Å². The van der Waals surface area contributed by atoms with Crippen molar-refractivity contribution in [2.75, 3.05) is 26.3 Å². The lowest BCUT2D eigenvalue weighted by Gasteiger charge is -2.31. The Hall–Kier alpha value is -1.06. The lowest BCUT2D eigenvalue weighted by molar-refractivity contribution is 0.126. The van der Waals surface area contributed by atoms with Crippen LogP contribution in [0, 0.1) is 11.8 Å². The van der Waals surface area contributed by atoms with Crippen LogP contribution in [0.1, 0.15) is 38.7 Å². The molecule has 1 aliphatic rings. The molecule has 2 rings (SSSR count). The van der Waals surface area contributed by atoms with E-state index in [1.807, 2.05) is 6.07 Å². The number of rotatable bonds is 7. The molecule has 1 aliphatic heterocycles. The van der Waals surface area contributed by atoms with Gasteiger partial charge in [0.05, 0.1) is 6.61 Å². The van der Waals surface area contributed by atoms with E-state index in [1.165, 1.54) is 5.56 Å². The lowest BCUT2D eigenvalue weighted by Crippen LogP contribution is -2.34. The second-order valence-electron chi connectivity index (χ2n) is 6.54. The van der Waals surface area contributed by atoms with Crippen molar-refractivity contribution in [3.8, 4) is 5.75 Å². The monoisotopic (exact) mass is 291 g/mol. The molecule has 1 heterocycles. The van der Waals surface area contributed by atoms with Crippen LogP contribution >= 0.6 is 0 Å². The first-order chi connectivity index (χ1) is 10.2. The largest absolute Gasteiger partial charge is 0.493 e. The van der Waals surface area contributed by atoms with Gasteiger partial charge in [-0.2, -0.15) is 0 Å². The standard InChI is InChI=1S/C18H29NO2/c1-15(2)9-12-21-18-6-4-3-5-17(18)13-19-10-7-16(14-20)8-11-19/h3-6,15-16,20H,7-14H2,1-2H3. The first kappa shape index (κ1) is 16.3. The van der Waals surface area contributed by atoms with Crippen LogP contribution in [0.5, 0.6) is 5.75 Å². The molecule has 1 saturated heterocycles. The Balaban J connectivity index is 1.87. The van der Waals surface area contributed by atoms with Gasteiger partial charge in [0.25, 0.3) is 0 Å². The molecule has 1 fully saturated rings. The van der Waals surface area contributed by atoms with Crippen LogP contribution in [-0.4, -0.2) is 36.3 Å². The molecule has 0 unspecified atom stereocenters. The van der Waals surface area contributed by atoms with E-state index in [-0.39, 0.29) is 0 Å². The number of aliphatic hydroxyl groups is 1. The molecular formula is C18H29NO2. The van der Waals surface area contributed by atoms with Gasteiger partial charge in [0, 0.05) is 18.7 Å². The molecule has 0 spiro atoms. The summed E-state index contributed by atoms with van der Waals surface area (Å²) >= 11 is 0. The van der Waals surface area contributed by atoms with Gasteiger partial charge in [0.2, 0.25) is 0 Å². The van der Waals surface area contributed by atoms with Gasteiger partial charge in [-0.15, -0.1) is 0 Å². The van der Waals surface area contributed by atoms with E-state index in [1.54, 1.807) is 0 Å². The van der Waals surface area contributed by atoms with Crippen LogP contribution in [0.3, 0.4) is 0 Å². The van der Waals surface area contributed by atoms with Crippen LogP contribution in [0.4, 0.5) is 0 Å². The fourth-order valence-electron chi connectivity index (χ4n) is 2.75. The van der Waals surface area contributed by atoms with Crippen LogP contribution in [0.25, 0.3) is 0 Å². The molecule has 3 heteroatoms. The Labute approximate surface area is 128 Å². The van der Waals surface area contributed by atoms with Crippen molar-refractivity contribution in [1.82, 2.24) is 4.90 Å². The summed E-state index contributed by atoms with van der Waals surface area (Å²) in [5, 5.41) is 9.21. The van der Waals surface area contributed by atoms with Gasteiger partial charge < -0.3 is 9.84 Å². The zero-order valence-corrected chi connectivity index (χ0v) is 13.4. The van der Waals surface area contributed by atoms with Crippen LogP contribution in [0.15, 0.2) is 24.3 Å². The maximum absolute atomic E-state index is 9.21. The second kappa shape index (κ2) is 8.40. The highest BCUT2D eigenvalue weighted by molar-refractivity contribution is 5.33. The summed E-state index contributed by atoms with van der Waals surface area (Å²) in [7, 11) is 0. The number of piperidine rings is 1. The maximum Gasteiger partial charge on any atom is 0.123 e. The molecule has 0 bridgehead atoms. The Morgan fingerprint density at radius 3 is 2.62 bits per heavy atom. The molecule has 0 aromatic heterocycles. The minimum Gasteiger partial charge on any atom is -0.493 e. The Morgan fingerprint density at radius 1 is 1.24 bits per heavy atom. The van der Waals surface area contributed by atoms with Gasteiger partial charge in [-0.05, 0) is 50.3 Å². The van der Waals surface area contributed by atoms with E-state index >= 15 is 0 Å². The van der Waals surface area contributed by atoms with Crippen molar-refractivity contribution in [1.29, 1.82) is 0 Å². The third-order valence-corrected chi connectivity index (χ3v) is 4.28. The van der Waals surface area contributed by atoms with Gasteiger partial charge in [0.1, 0.15) is 5.75 Å². The molecule has 0 radical (unpaired) electrons. The molecule has 1 N–H and O–H groups in total. The molecule has 0 saturated carbocycles. The molecule has 21 heavy (non-hydrogen) atoms. The molecule has 0 amide bonds. The number of likely N-dealkylation sites (tertiary alicyclic amines) is 1. The van der Waals surface area contributed by atoms with Crippen molar-refractivity contribution in [3.63, 3.8) is 0 Å². The molecule has 1 aromatic rings. The summed E-state index contributed by atoms with van der Waals surface area (Å²) < 4.78 is 5.97. The number of hydrogen-bond donors (Lipinski definition) is 1. The summed E-state index contributed by atoms with van der Waals surface area (Å²) in [5.74, 6) is 2.20. The third-order valence-electron chi connectivity index (χ3n) is 4.28. The first-order valence-electron chi connectivity index (χ1n) is 8.23. The van der Waals surface area contributed by atoms with Crippen molar-refractivity contribution in [2.45, 2.75) is 39.7 Å². The van der Waals surface area contributed by atoms with Gasteiger partial charge in [-0.25, -0.2) is 0 Å². The smallest absolute Gasteiger partial charge is 0.123 e. The summed E-state index contributed by atoms with van der Waals surface area (Å²) in [6.45, 7) is 8.68. The number of nitrogens with zero attached hydrogens (tertiary/aromatic N) is 1. The highest BCUT2D eigenvalue weighted by Gasteiger charge is 2.19. The number of benzene rings is 1. The minimum absolute atomic E-state index is 0.336. The van der Waals surface area contributed by atoms with E-state index < -0.39 is 0 Å². The molecule has 118 valence electrons. The van der Waals surface area contributed by atoms with E-state index in [0.29, 0.717) is 18.4 Å². The van der Waals surface area contributed by atoms with Crippen LogP contribution < -0.4 is 4.74 Å². The highest BCUT2D eigenvalue weighted by atomic mass is 16.5. The van der Waals surface area contributed by atoms with Crippen LogP contribution in [0.2, 0.25) is 0 Å². The van der Waals surface area contributed by atoms with Gasteiger partial charge in [-0.1, -0.05) is 32.0 Å². The predicted molar refractivity (Wildman–Crippen MR) is 86.5 cm³/mol. The van der Waals surface area contributed by atoms with Crippen molar-refractivity contribution in [2.24, 2.45) is 11.8 Å². The zero-order chi connectivity index (χ0) is 15.1. The van der Waals surface area contributed by atoms with Gasteiger partial charge >= 0.3 is 0 Å². The molecule has 1 aromatic carbocycles. The van der Waals surface area contributed by atoms with Gasteiger partial charge in [0.15, 0.2) is 0 Å². The lowest BCUT2D eigenvalue weighted by atomic mass is 9.97. The van der Waals surface area contributed by atoms with E-state index in [4.69, 9.17) is 4.74 Å². The average Bonchev–Trinajstić information content (AvgIpc) is 2.49. The fourth-order valence-corrected chi connectivity index (χ4v) is 2.75. The minimum atomic E-state index is 0.336. The maximum atomic E-state index is 9.21. The fraction of sp³-hybridized carbons (Fsp3) is 0.667. The Morgan fingerprint density at radius 2 is 1.95 bits per heavy atom. The molecule has 0 atom stereocenters. The number of hydrogen-bond acceptors (Lipinski definition) is 3. The second-order valence-corrected chi connectivity index (χ2v) is 6.54. The zero-order valence-electron chi connectivity index (χ0n) is 13.4. The summed E-state index contributed by atoms with van der Waals surface area (Å²) in [6.07, 6.45) is 3.30. The number of para-hydroxylation sites is 1. The SMILES string of the molecule is CC(C)CCOc1ccccc1CN1CCC(CO)CC1. The Kier molecular flexibility index (Phi) is 6.52. The predicted octanol–water partition coefficient (Wildman–Crippen LogP) is 3.32. The van der Waals surface area contributed by atoms with Crippen molar-refractivity contribution < 1.29 is 9.84 Å². The Bertz CT molecular complexity index is 411. The molecule has 0 aliphatic carbocycles. The quantitative estimate of drug-likeness (QED) is 0.836. The molecular weight excluding hydrogens is 262 g/mol. The summed E-state index contributed by atoms with van der Waals surface area (Å²) in [6, 6.07) is 8.39. The summed E-state index contributed by atoms with van der Waals surface area (Å²) in [5.41, 5.74) is 1.28. The average molecular weight is 291 g/mol. The van der Waals surface area contributed by atoms with E-state index in [2.05, 4.69) is 36.9 Å². The topological polar surface area (TPSA) is 32.7 Å². The molecule has 3 nitrogen and oxygen atoms in total. The van der Waals surface area contributed by atoms with Crippen molar-refractivity contribution in [3.05, 3.63) is 29.8 Å². The van der Waals surface area contributed by atoms with Crippen molar-refractivity contribution >= 4 is 0 Å². The number of ether oxygens (including phenoxy) is 1. The summed E-state index contributed by atoms with van der Waals surface area (Å²) in [4.78, 5) is 2.47. The third kappa shape index (κ3) is 5.33. The van der Waals surface area contributed by atoms with E-state index in [0.717, 1.165) is 51.3 Å². The number of aliphatic hydroxyl groups excluding tert-OH is 1.